The average molecular weight is 445 g/mol. The number of azo groups is 1. The molecule has 0 unspecified atom stereocenters. The summed E-state index contributed by atoms with van der Waals surface area (Å²) < 4.78 is 31.7. The number of halogens is 1. The van der Waals surface area contributed by atoms with E-state index < -0.39 is 10.1 Å². The van der Waals surface area contributed by atoms with Crippen LogP contribution in [0.4, 0.5) is 17.1 Å². The molecule has 2 aromatic carbocycles. The lowest BCUT2D eigenvalue weighted by atomic mass is 10.2. The molecule has 8 heteroatoms. The van der Waals surface area contributed by atoms with Crippen LogP contribution in [0.15, 0.2) is 63.7 Å². The fraction of sp³-hybridized carbons (Fsp3) is 0.200. The Balaban J connectivity index is 2.11. The van der Waals surface area contributed by atoms with Gasteiger partial charge in [0.05, 0.1) is 20.8 Å². The number of alkyl halides is 1. The van der Waals surface area contributed by atoms with Crippen molar-refractivity contribution in [2.24, 2.45) is 10.2 Å². The molecular weight excluding hydrogens is 429 g/mol. The Morgan fingerprint density at radius 1 is 1.00 bits per heavy atom. The second-order valence-electron chi connectivity index (χ2n) is 4.66. The van der Waals surface area contributed by atoms with Crippen LogP contribution in [0.5, 0.6) is 0 Å². The van der Waals surface area contributed by atoms with Gasteiger partial charge in [0.2, 0.25) is 0 Å². The summed E-state index contributed by atoms with van der Waals surface area (Å²) in [5, 5.41) is 8.16. The first kappa shape index (κ1) is 17.8. The largest absolute Gasteiger partial charge is 0.363 e. The molecule has 122 valence electrons. The summed E-state index contributed by atoms with van der Waals surface area (Å²) >= 11 is 2.32. The number of rotatable bonds is 6. The van der Waals surface area contributed by atoms with E-state index in [1.165, 1.54) is 24.3 Å². The average Bonchev–Trinajstić information content (AvgIpc) is 2.55. The molecule has 0 amide bonds. The first-order chi connectivity index (χ1) is 10.9. The van der Waals surface area contributed by atoms with Gasteiger partial charge in [0, 0.05) is 12.2 Å². The van der Waals surface area contributed by atoms with Crippen molar-refractivity contribution in [2.45, 2.75) is 11.8 Å². The Morgan fingerprint density at radius 3 is 1.87 bits per heavy atom. The highest BCUT2D eigenvalue weighted by Crippen LogP contribution is 2.23. The first-order valence-electron chi connectivity index (χ1n) is 6.84. The van der Waals surface area contributed by atoms with Gasteiger partial charge in [-0.1, -0.05) is 22.6 Å². The van der Waals surface area contributed by atoms with Crippen molar-refractivity contribution < 1.29 is 13.0 Å². The topological polar surface area (TPSA) is 82.3 Å². The highest BCUT2D eigenvalue weighted by Gasteiger charge is 2.08. The quantitative estimate of drug-likeness (QED) is 0.232. The van der Waals surface area contributed by atoms with Crippen molar-refractivity contribution in [1.29, 1.82) is 0 Å². The molecule has 1 N–H and O–H groups in total. The summed E-state index contributed by atoms with van der Waals surface area (Å²) in [6.07, 6.45) is 0. The molecule has 0 fully saturated rings. The molecule has 2 aromatic rings. The summed E-state index contributed by atoms with van der Waals surface area (Å²) in [6, 6.07) is 13.3. The third-order valence-electron chi connectivity index (χ3n) is 3.16. The van der Waals surface area contributed by atoms with Crippen molar-refractivity contribution in [3.63, 3.8) is 0 Å². The van der Waals surface area contributed by atoms with Crippen LogP contribution >= 0.6 is 22.6 Å². The minimum atomic E-state index is -4.18. The maximum Gasteiger partial charge on any atom is 0.294 e. The minimum absolute atomic E-state index is 0.167. The molecule has 0 saturated carbocycles. The fourth-order valence-corrected chi connectivity index (χ4v) is 3.22. The molecule has 0 aliphatic carbocycles. The minimum Gasteiger partial charge on any atom is -0.363 e. The van der Waals surface area contributed by atoms with Gasteiger partial charge in [-0.3, -0.25) is 4.55 Å². The fourth-order valence-electron chi connectivity index (χ4n) is 1.87. The van der Waals surface area contributed by atoms with Gasteiger partial charge in [-0.2, -0.15) is 18.6 Å². The SMILES string of the molecule is CCN(CI)c1ccc(/N=N/c2ccc(S(=O)(=O)O)cc2)cc1. The summed E-state index contributed by atoms with van der Waals surface area (Å²) in [5.74, 6) is 0. The molecule has 0 bridgehead atoms. The van der Waals surface area contributed by atoms with Gasteiger partial charge in [0.1, 0.15) is 0 Å². The van der Waals surface area contributed by atoms with E-state index in [9.17, 15) is 8.42 Å². The van der Waals surface area contributed by atoms with E-state index in [1.807, 2.05) is 24.3 Å². The van der Waals surface area contributed by atoms with Gasteiger partial charge in [-0.15, -0.1) is 0 Å². The Labute approximate surface area is 149 Å². The second-order valence-corrected chi connectivity index (χ2v) is 6.76. The van der Waals surface area contributed by atoms with Crippen molar-refractivity contribution >= 4 is 49.8 Å². The van der Waals surface area contributed by atoms with Crippen molar-refractivity contribution in [3.05, 3.63) is 48.5 Å². The van der Waals surface area contributed by atoms with Crippen LogP contribution in [0.1, 0.15) is 6.92 Å². The maximum absolute atomic E-state index is 11.0. The zero-order chi connectivity index (χ0) is 16.9. The zero-order valence-electron chi connectivity index (χ0n) is 12.4. The molecule has 2 rings (SSSR count). The summed E-state index contributed by atoms with van der Waals surface area (Å²) in [7, 11) is -4.18. The van der Waals surface area contributed by atoms with Gasteiger partial charge in [0.25, 0.3) is 10.1 Å². The van der Waals surface area contributed by atoms with E-state index in [1.54, 1.807) is 0 Å². The normalized spacial score (nSPS) is 11.8. The highest BCUT2D eigenvalue weighted by atomic mass is 127. The molecule has 0 heterocycles. The second kappa shape index (κ2) is 7.84. The van der Waals surface area contributed by atoms with Crippen LogP contribution in [-0.2, 0) is 10.1 Å². The summed E-state index contributed by atoms with van der Waals surface area (Å²) in [4.78, 5) is 2.05. The third kappa shape index (κ3) is 4.98. The Hall–Kier alpha value is -1.52. The number of hydrogen-bond donors (Lipinski definition) is 1. The molecule has 23 heavy (non-hydrogen) atoms. The third-order valence-corrected chi connectivity index (χ3v) is 4.85. The smallest absolute Gasteiger partial charge is 0.294 e. The van der Waals surface area contributed by atoms with Crippen LogP contribution in [0.25, 0.3) is 0 Å². The summed E-state index contributed by atoms with van der Waals surface area (Å²) in [5.41, 5.74) is 2.33. The van der Waals surface area contributed by atoms with E-state index in [0.29, 0.717) is 11.4 Å². The standard InChI is InChI=1S/C15H16IN3O3S/c1-2-19(11-16)14-7-3-12(4-8-14)17-18-13-5-9-15(10-6-13)23(20,21)22/h3-10H,2,11H2,1H3,(H,20,21,22)/b18-17+. The molecule has 0 aliphatic heterocycles. The number of anilines is 1. The van der Waals surface area contributed by atoms with Crippen LogP contribution in [-0.4, -0.2) is 24.1 Å². The molecule has 0 atom stereocenters. The maximum atomic E-state index is 11.0. The number of hydrogen-bond acceptors (Lipinski definition) is 5. The van der Waals surface area contributed by atoms with Crippen LogP contribution in [0.3, 0.4) is 0 Å². The van der Waals surface area contributed by atoms with Gasteiger partial charge in [-0.25, -0.2) is 0 Å². The number of nitrogens with zero attached hydrogens (tertiary/aromatic N) is 3. The molecule has 0 spiro atoms. The highest BCUT2D eigenvalue weighted by molar-refractivity contribution is 14.1. The van der Waals surface area contributed by atoms with Crippen molar-refractivity contribution in [1.82, 2.24) is 0 Å². The lowest BCUT2D eigenvalue weighted by Gasteiger charge is -2.19. The lowest BCUT2D eigenvalue weighted by Crippen LogP contribution is -2.19. The monoisotopic (exact) mass is 445 g/mol. The predicted molar refractivity (Wildman–Crippen MR) is 98.8 cm³/mol. The van der Waals surface area contributed by atoms with Crippen LogP contribution in [0, 0.1) is 0 Å². The van der Waals surface area contributed by atoms with E-state index in [-0.39, 0.29) is 4.90 Å². The Kier molecular flexibility index (Phi) is 6.08. The molecule has 6 nitrogen and oxygen atoms in total. The Morgan fingerprint density at radius 2 is 1.48 bits per heavy atom. The molecule has 0 aliphatic rings. The predicted octanol–water partition coefficient (Wildman–Crippen LogP) is 4.57. The van der Waals surface area contributed by atoms with Gasteiger partial charge in [0.15, 0.2) is 0 Å². The zero-order valence-corrected chi connectivity index (χ0v) is 15.4. The Bertz CT molecular complexity index is 771. The van der Waals surface area contributed by atoms with Crippen molar-refractivity contribution in [3.8, 4) is 0 Å². The van der Waals surface area contributed by atoms with Gasteiger partial charge >= 0.3 is 0 Å². The van der Waals surface area contributed by atoms with E-state index in [0.717, 1.165) is 16.8 Å². The summed E-state index contributed by atoms with van der Waals surface area (Å²) in [6.45, 7) is 3.03. The van der Waals surface area contributed by atoms with Crippen LogP contribution < -0.4 is 4.90 Å². The first-order valence-corrected chi connectivity index (χ1v) is 9.81. The van der Waals surface area contributed by atoms with E-state index in [4.69, 9.17) is 4.55 Å². The molecule has 0 aromatic heterocycles. The molecular formula is C15H16IN3O3S. The molecule has 0 radical (unpaired) electrons. The van der Waals surface area contributed by atoms with Gasteiger partial charge in [-0.05, 0) is 55.5 Å². The van der Waals surface area contributed by atoms with Crippen molar-refractivity contribution in [2.75, 3.05) is 16.0 Å². The van der Waals surface area contributed by atoms with E-state index >= 15 is 0 Å². The molecule has 0 saturated heterocycles. The number of benzene rings is 2. The van der Waals surface area contributed by atoms with Crippen LogP contribution in [0.2, 0.25) is 0 Å². The lowest BCUT2D eigenvalue weighted by molar-refractivity contribution is 0.483. The van der Waals surface area contributed by atoms with E-state index in [2.05, 4.69) is 44.6 Å². The van der Waals surface area contributed by atoms with Gasteiger partial charge < -0.3 is 4.90 Å².